The zero-order valence-corrected chi connectivity index (χ0v) is 9.69. The number of para-hydroxylation sites is 1. The maximum absolute atomic E-state index is 12.8. The van der Waals surface area contributed by atoms with Gasteiger partial charge in [0.25, 0.3) is 0 Å². The topological polar surface area (TPSA) is 42.4 Å². The number of aliphatic hydroxyl groups is 1. The van der Waals surface area contributed by atoms with Crippen LogP contribution in [0.4, 0.5) is 13.2 Å². The van der Waals surface area contributed by atoms with Crippen molar-refractivity contribution in [2.45, 2.75) is 12.8 Å². The summed E-state index contributed by atoms with van der Waals surface area (Å²) in [4.78, 5) is 3.76. The van der Waals surface area contributed by atoms with E-state index in [4.69, 9.17) is 9.84 Å². The molecule has 0 aliphatic rings. The Labute approximate surface area is 107 Å². The van der Waals surface area contributed by atoms with E-state index in [1.54, 1.807) is 0 Å². The quantitative estimate of drug-likeness (QED) is 0.928. The zero-order valence-electron chi connectivity index (χ0n) is 9.69. The zero-order chi connectivity index (χ0) is 13.9. The summed E-state index contributed by atoms with van der Waals surface area (Å²) in [6.07, 6.45) is -1.81. The molecule has 0 atom stereocenters. The summed E-state index contributed by atoms with van der Waals surface area (Å²) < 4.78 is 43.6. The molecule has 0 unspecified atom stereocenters. The summed E-state index contributed by atoms with van der Waals surface area (Å²) in [5.41, 5.74) is -0.505. The molecule has 2 rings (SSSR count). The Balaban J connectivity index is 2.39. The third kappa shape index (κ3) is 3.03. The molecule has 3 nitrogen and oxygen atoms in total. The fourth-order valence-corrected chi connectivity index (χ4v) is 1.54. The molecule has 0 bridgehead atoms. The van der Waals surface area contributed by atoms with E-state index < -0.39 is 11.7 Å². The van der Waals surface area contributed by atoms with Gasteiger partial charge >= 0.3 is 6.18 Å². The molecule has 0 spiro atoms. The molecular weight excluding hydrogens is 259 g/mol. The van der Waals surface area contributed by atoms with Crippen molar-refractivity contribution in [1.29, 1.82) is 0 Å². The van der Waals surface area contributed by atoms with Crippen LogP contribution >= 0.6 is 0 Å². The van der Waals surface area contributed by atoms with Crippen LogP contribution in [0.25, 0.3) is 0 Å². The Kier molecular flexibility index (Phi) is 3.71. The fraction of sp³-hybridized carbons (Fsp3) is 0.154. The van der Waals surface area contributed by atoms with Crippen molar-refractivity contribution >= 4 is 0 Å². The molecule has 0 radical (unpaired) electrons. The molecule has 0 saturated carbocycles. The normalized spacial score (nSPS) is 11.4. The van der Waals surface area contributed by atoms with E-state index in [2.05, 4.69) is 4.98 Å². The lowest BCUT2D eigenvalue weighted by Crippen LogP contribution is -2.07. The van der Waals surface area contributed by atoms with E-state index in [1.807, 2.05) is 0 Å². The SMILES string of the molecule is OCc1ccncc1Oc1ccccc1C(F)(F)F. The van der Waals surface area contributed by atoms with Gasteiger partial charge in [0.15, 0.2) is 5.75 Å². The Bertz CT molecular complexity index is 570. The highest BCUT2D eigenvalue weighted by Crippen LogP contribution is 2.38. The molecule has 0 saturated heterocycles. The molecule has 1 aromatic heterocycles. The van der Waals surface area contributed by atoms with Gasteiger partial charge in [-0.25, -0.2) is 0 Å². The predicted molar refractivity (Wildman–Crippen MR) is 61.7 cm³/mol. The van der Waals surface area contributed by atoms with Crippen molar-refractivity contribution in [1.82, 2.24) is 4.98 Å². The van der Waals surface area contributed by atoms with Crippen LogP contribution in [-0.4, -0.2) is 10.1 Å². The van der Waals surface area contributed by atoms with Gasteiger partial charge in [-0.2, -0.15) is 13.2 Å². The van der Waals surface area contributed by atoms with Crippen LogP contribution in [0.1, 0.15) is 11.1 Å². The van der Waals surface area contributed by atoms with Crippen LogP contribution in [0.2, 0.25) is 0 Å². The van der Waals surface area contributed by atoms with E-state index in [0.29, 0.717) is 5.56 Å². The number of aromatic nitrogens is 1. The number of pyridine rings is 1. The van der Waals surface area contributed by atoms with Gasteiger partial charge in [-0.3, -0.25) is 4.98 Å². The van der Waals surface area contributed by atoms with E-state index in [9.17, 15) is 13.2 Å². The predicted octanol–water partition coefficient (Wildman–Crippen LogP) is 3.39. The summed E-state index contributed by atoms with van der Waals surface area (Å²) in [6.45, 7) is -0.341. The van der Waals surface area contributed by atoms with Crippen LogP contribution < -0.4 is 4.74 Å². The van der Waals surface area contributed by atoms with Gasteiger partial charge in [0.05, 0.1) is 18.4 Å². The van der Waals surface area contributed by atoms with Gasteiger partial charge in [0.2, 0.25) is 0 Å². The monoisotopic (exact) mass is 269 g/mol. The molecule has 1 aromatic carbocycles. The van der Waals surface area contributed by atoms with Crippen LogP contribution in [0.3, 0.4) is 0 Å². The standard InChI is InChI=1S/C13H10F3NO2/c14-13(15,16)10-3-1-2-4-11(10)19-12-7-17-6-5-9(12)8-18/h1-7,18H,8H2. The number of nitrogens with zero attached hydrogens (tertiary/aromatic N) is 1. The van der Waals surface area contributed by atoms with Crippen molar-refractivity contribution in [2.75, 3.05) is 0 Å². The molecule has 0 amide bonds. The lowest BCUT2D eigenvalue weighted by molar-refractivity contribution is -0.138. The first-order valence-corrected chi connectivity index (χ1v) is 5.40. The maximum atomic E-state index is 12.8. The first kappa shape index (κ1) is 13.4. The first-order chi connectivity index (χ1) is 9.02. The van der Waals surface area contributed by atoms with Crippen LogP contribution in [0.5, 0.6) is 11.5 Å². The van der Waals surface area contributed by atoms with E-state index in [0.717, 1.165) is 6.07 Å². The van der Waals surface area contributed by atoms with Crippen LogP contribution in [0, 0.1) is 0 Å². The second-order valence-corrected chi connectivity index (χ2v) is 3.74. The van der Waals surface area contributed by atoms with E-state index in [-0.39, 0.29) is 18.1 Å². The largest absolute Gasteiger partial charge is 0.455 e. The van der Waals surface area contributed by atoms with Gasteiger partial charge in [0, 0.05) is 11.8 Å². The smallest absolute Gasteiger partial charge is 0.419 e. The van der Waals surface area contributed by atoms with E-state index in [1.165, 1.54) is 36.7 Å². The number of alkyl halides is 3. The number of hydrogen-bond acceptors (Lipinski definition) is 3. The molecule has 2 aromatic rings. The molecule has 0 aliphatic carbocycles. The number of hydrogen-bond donors (Lipinski definition) is 1. The molecule has 0 fully saturated rings. The van der Waals surface area contributed by atoms with Crippen LogP contribution in [-0.2, 0) is 12.8 Å². The van der Waals surface area contributed by atoms with E-state index >= 15 is 0 Å². The summed E-state index contributed by atoms with van der Waals surface area (Å²) in [7, 11) is 0. The van der Waals surface area contributed by atoms with Crippen molar-refractivity contribution in [3.05, 3.63) is 53.9 Å². The van der Waals surface area contributed by atoms with Gasteiger partial charge in [0.1, 0.15) is 5.75 Å². The Morgan fingerprint density at radius 1 is 1.11 bits per heavy atom. The highest BCUT2D eigenvalue weighted by molar-refractivity contribution is 5.41. The average molecular weight is 269 g/mol. The summed E-state index contributed by atoms with van der Waals surface area (Å²) >= 11 is 0. The third-order valence-electron chi connectivity index (χ3n) is 2.45. The van der Waals surface area contributed by atoms with Gasteiger partial charge in [-0.1, -0.05) is 12.1 Å². The number of ether oxygens (including phenoxy) is 1. The number of benzene rings is 1. The molecule has 6 heteroatoms. The minimum Gasteiger partial charge on any atom is -0.455 e. The Morgan fingerprint density at radius 2 is 1.84 bits per heavy atom. The second-order valence-electron chi connectivity index (χ2n) is 3.74. The lowest BCUT2D eigenvalue weighted by Gasteiger charge is -2.14. The minimum atomic E-state index is -4.50. The fourth-order valence-electron chi connectivity index (χ4n) is 1.54. The van der Waals surface area contributed by atoms with Crippen LogP contribution in [0.15, 0.2) is 42.7 Å². The summed E-state index contributed by atoms with van der Waals surface area (Å²) in [5.74, 6) is -0.223. The molecular formula is C13H10F3NO2. The molecule has 1 heterocycles. The molecule has 100 valence electrons. The molecule has 0 aliphatic heterocycles. The average Bonchev–Trinajstić information content (AvgIpc) is 2.39. The van der Waals surface area contributed by atoms with Crippen molar-refractivity contribution < 1.29 is 23.0 Å². The van der Waals surface area contributed by atoms with Gasteiger partial charge < -0.3 is 9.84 Å². The summed E-state index contributed by atoms with van der Waals surface area (Å²) in [5, 5.41) is 9.10. The van der Waals surface area contributed by atoms with Gasteiger partial charge in [-0.15, -0.1) is 0 Å². The van der Waals surface area contributed by atoms with Crippen molar-refractivity contribution in [2.24, 2.45) is 0 Å². The second kappa shape index (κ2) is 5.27. The highest BCUT2D eigenvalue weighted by Gasteiger charge is 2.34. The van der Waals surface area contributed by atoms with Crippen molar-refractivity contribution in [3.63, 3.8) is 0 Å². The Hall–Kier alpha value is -2.08. The first-order valence-electron chi connectivity index (χ1n) is 5.40. The lowest BCUT2D eigenvalue weighted by atomic mass is 10.2. The number of halogens is 3. The third-order valence-corrected chi connectivity index (χ3v) is 2.45. The van der Waals surface area contributed by atoms with Crippen molar-refractivity contribution in [3.8, 4) is 11.5 Å². The molecule has 1 N–H and O–H groups in total. The Morgan fingerprint density at radius 3 is 2.53 bits per heavy atom. The molecule has 19 heavy (non-hydrogen) atoms. The highest BCUT2D eigenvalue weighted by atomic mass is 19.4. The summed E-state index contributed by atoms with van der Waals surface area (Å²) in [6, 6.07) is 6.36. The number of rotatable bonds is 3. The maximum Gasteiger partial charge on any atom is 0.419 e. The van der Waals surface area contributed by atoms with Gasteiger partial charge in [-0.05, 0) is 18.2 Å². The number of aliphatic hydroxyl groups excluding tert-OH is 1. The minimum absolute atomic E-state index is 0.0988.